The van der Waals surface area contributed by atoms with Crippen LogP contribution in [0.25, 0.3) is 0 Å². The van der Waals surface area contributed by atoms with E-state index < -0.39 is 0 Å². The van der Waals surface area contributed by atoms with E-state index in [1.54, 1.807) is 0 Å². The number of hydrogen-bond acceptors (Lipinski definition) is 4. The number of ether oxygens (including phenoxy) is 3. The van der Waals surface area contributed by atoms with Crippen LogP contribution in [0.3, 0.4) is 0 Å². The van der Waals surface area contributed by atoms with Crippen molar-refractivity contribution < 1.29 is 14.2 Å². The Bertz CT molecular complexity index is 433. The van der Waals surface area contributed by atoms with Gasteiger partial charge in [-0.05, 0) is 37.6 Å². The topological polar surface area (TPSA) is 39.7 Å². The molecular formula is C15H21NO3. The van der Waals surface area contributed by atoms with E-state index in [9.17, 15) is 0 Å². The van der Waals surface area contributed by atoms with Crippen LogP contribution in [0, 0.1) is 5.92 Å². The molecule has 2 heterocycles. The van der Waals surface area contributed by atoms with Crippen molar-refractivity contribution >= 4 is 0 Å². The molecule has 1 N–H and O–H groups in total. The average Bonchev–Trinajstić information content (AvgIpc) is 2.48. The Morgan fingerprint density at radius 2 is 2.00 bits per heavy atom. The Kier molecular flexibility index (Phi) is 3.89. The zero-order valence-corrected chi connectivity index (χ0v) is 11.4. The smallest absolute Gasteiger partial charge is 0.161 e. The monoisotopic (exact) mass is 263 g/mol. The third-order valence-corrected chi connectivity index (χ3v) is 3.81. The highest BCUT2D eigenvalue weighted by molar-refractivity contribution is 5.44. The molecule has 1 fully saturated rings. The van der Waals surface area contributed by atoms with Crippen LogP contribution >= 0.6 is 0 Å². The molecule has 4 heteroatoms. The normalized spacial score (nSPS) is 26.2. The first-order valence-electron chi connectivity index (χ1n) is 7.04. The standard InChI is InChI=1S/C15H21NO3/c1-16-10-12-3-2-6-19-15(12)11-4-5-13-14(9-11)18-8-7-17-13/h4-5,9,12,15-16H,2-3,6-8,10H2,1H3. The fourth-order valence-corrected chi connectivity index (χ4v) is 2.92. The molecule has 0 amide bonds. The van der Waals surface area contributed by atoms with Crippen molar-refractivity contribution in [3.63, 3.8) is 0 Å². The second-order valence-corrected chi connectivity index (χ2v) is 5.15. The summed E-state index contributed by atoms with van der Waals surface area (Å²) < 4.78 is 17.2. The van der Waals surface area contributed by atoms with Crippen LogP contribution < -0.4 is 14.8 Å². The summed E-state index contributed by atoms with van der Waals surface area (Å²) in [4.78, 5) is 0. The van der Waals surface area contributed by atoms with Gasteiger partial charge in [0.25, 0.3) is 0 Å². The van der Waals surface area contributed by atoms with Crippen LogP contribution in [0.2, 0.25) is 0 Å². The van der Waals surface area contributed by atoms with Crippen LogP contribution in [-0.2, 0) is 4.74 Å². The molecule has 0 spiro atoms. The lowest BCUT2D eigenvalue weighted by Crippen LogP contribution is -2.30. The van der Waals surface area contributed by atoms with Crippen molar-refractivity contribution in [2.45, 2.75) is 18.9 Å². The Morgan fingerprint density at radius 3 is 2.84 bits per heavy atom. The van der Waals surface area contributed by atoms with E-state index in [1.807, 2.05) is 13.1 Å². The van der Waals surface area contributed by atoms with Crippen LogP contribution in [0.15, 0.2) is 18.2 Å². The molecule has 4 nitrogen and oxygen atoms in total. The fraction of sp³-hybridized carbons (Fsp3) is 0.600. The molecule has 2 aliphatic heterocycles. The van der Waals surface area contributed by atoms with E-state index in [-0.39, 0.29) is 6.10 Å². The molecule has 2 atom stereocenters. The zero-order valence-electron chi connectivity index (χ0n) is 11.4. The Balaban J connectivity index is 1.83. The molecule has 0 saturated carbocycles. The molecule has 19 heavy (non-hydrogen) atoms. The summed E-state index contributed by atoms with van der Waals surface area (Å²) in [6, 6.07) is 6.18. The third kappa shape index (κ3) is 2.69. The molecule has 2 aliphatic rings. The van der Waals surface area contributed by atoms with Crippen molar-refractivity contribution in [1.82, 2.24) is 5.32 Å². The van der Waals surface area contributed by atoms with Crippen molar-refractivity contribution in [3.05, 3.63) is 23.8 Å². The number of hydrogen-bond donors (Lipinski definition) is 1. The predicted octanol–water partition coefficient (Wildman–Crippen LogP) is 2.14. The van der Waals surface area contributed by atoms with Crippen LogP contribution in [0.4, 0.5) is 0 Å². The highest BCUT2D eigenvalue weighted by Crippen LogP contribution is 2.38. The van der Waals surface area contributed by atoms with Crippen LogP contribution in [0.1, 0.15) is 24.5 Å². The minimum absolute atomic E-state index is 0.164. The van der Waals surface area contributed by atoms with E-state index >= 15 is 0 Å². The van der Waals surface area contributed by atoms with Gasteiger partial charge in [0.1, 0.15) is 13.2 Å². The van der Waals surface area contributed by atoms with Gasteiger partial charge in [-0.15, -0.1) is 0 Å². The molecule has 3 rings (SSSR count). The van der Waals surface area contributed by atoms with E-state index in [0.717, 1.165) is 31.1 Å². The summed E-state index contributed by atoms with van der Waals surface area (Å²) in [5, 5.41) is 3.26. The average molecular weight is 263 g/mol. The lowest BCUT2D eigenvalue weighted by atomic mass is 9.89. The van der Waals surface area contributed by atoms with Crippen molar-refractivity contribution in [2.75, 3.05) is 33.4 Å². The minimum Gasteiger partial charge on any atom is -0.486 e. The van der Waals surface area contributed by atoms with Gasteiger partial charge < -0.3 is 19.5 Å². The summed E-state index contributed by atoms with van der Waals surface area (Å²) in [5.41, 5.74) is 1.20. The van der Waals surface area contributed by atoms with Crippen LogP contribution in [-0.4, -0.2) is 33.4 Å². The minimum atomic E-state index is 0.164. The van der Waals surface area contributed by atoms with E-state index in [2.05, 4.69) is 17.4 Å². The third-order valence-electron chi connectivity index (χ3n) is 3.81. The largest absolute Gasteiger partial charge is 0.486 e. The second kappa shape index (κ2) is 5.80. The second-order valence-electron chi connectivity index (χ2n) is 5.15. The first kappa shape index (κ1) is 12.8. The van der Waals surface area contributed by atoms with Crippen molar-refractivity contribution in [2.24, 2.45) is 5.92 Å². The summed E-state index contributed by atoms with van der Waals surface area (Å²) in [6.45, 7) is 3.09. The van der Waals surface area contributed by atoms with E-state index in [4.69, 9.17) is 14.2 Å². The summed E-state index contributed by atoms with van der Waals surface area (Å²) in [6.07, 6.45) is 2.52. The predicted molar refractivity (Wildman–Crippen MR) is 72.8 cm³/mol. The van der Waals surface area contributed by atoms with Gasteiger partial charge in [0.2, 0.25) is 0 Å². The highest BCUT2D eigenvalue weighted by atomic mass is 16.6. The molecule has 0 radical (unpaired) electrons. The summed E-state index contributed by atoms with van der Waals surface area (Å²) >= 11 is 0. The van der Waals surface area contributed by atoms with Gasteiger partial charge in [-0.3, -0.25) is 0 Å². The number of benzene rings is 1. The zero-order chi connectivity index (χ0) is 13.1. The van der Waals surface area contributed by atoms with Gasteiger partial charge in [0.15, 0.2) is 11.5 Å². The van der Waals surface area contributed by atoms with Gasteiger partial charge in [0, 0.05) is 19.1 Å². The summed E-state index contributed by atoms with van der Waals surface area (Å²) in [7, 11) is 2.00. The highest BCUT2D eigenvalue weighted by Gasteiger charge is 2.28. The van der Waals surface area contributed by atoms with E-state index in [0.29, 0.717) is 19.1 Å². The lowest BCUT2D eigenvalue weighted by molar-refractivity contribution is -0.0274. The number of nitrogens with one attached hydrogen (secondary N) is 1. The molecule has 0 aromatic heterocycles. The Labute approximate surface area is 114 Å². The first-order valence-corrected chi connectivity index (χ1v) is 7.04. The first-order chi connectivity index (χ1) is 9.38. The maximum Gasteiger partial charge on any atom is 0.161 e. The fourth-order valence-electron chi connectivity index (χ4n) is 2.92. The molecule has 0 bridgehead atoms. The van der Waals surface area contributed by atoms with Gasteiger partial charge in [0.05, 0.1) is 6.10 Å². The molecule has 104 valence electrons. The SMILES string of the molecule is CNCC1CCCOC1c1ccc2c(c1)OCCO2. The van der Waals surface area contributed by atoms with Crippen molar-refractivity contribution in [3.8, 4) is 11.5 Å². The molecule has 1 aromatic rings. The summed E-state index contributed by atoms with van der Waals surface area (Å²) in [5.74, 6) is 2.22. The number of fused-ring (bicyclic) bond motifs is 1. The van der Waals surface area contributed by atoms with Crippen molar-refractivity contribution in [1.29, 1.82) is 0 Å². The van der Waals surface area contributed by atoms with Gasteiger partial charge in [-0.1, -0.05) is 6.07 Å². The van der Waals surface area contributed by atoms with Gasteiger partial charge in [-0.25, -0.2) is 0 Å². The Hall–Kier alpha value is -1.26. The lowest BCUT2D eigenvalue weighted by Gasteiger charge is -2.32. The van der Waals surface area contributed by atoms with Gasteiger partial charge >= 0.3 is 0 Å². The molecule has 0 aliphatic carbocycles. The molecule has 1 aromatic carbocycles. The molecule has 1 saturated heterocycles. The molecule has 2 unspecified atom stereocenters. The maximum atomic E-state index is 5.98. The quantitative estimate of drug-likeness (QED) is 0.907. The van der Waals surface area contributed by atoms with Gasteiger partial charge in [-0.2, -0.15) is 0 Å². The number of rotatable bonds is 3. The van der Waals surface area contributed by atoms with Crippen LogP contribution in [0.5, 0.6) is 11.5 Å². The van der Waals surface area contributed by atoms with E-state index in [1.165, 1.54) is 12.0 Å². The molecular weight excluding hydrogens is 242 g/mol. The Morgan fingerprint density at radius 1 is 1.16 bits per heavy atom. The maximum absolute atomic E-state index is 5.98.